The predicted octanol–water partition coefficient (Wildman–Crippen LogP) is 3.62. The number of nitrogens with zero attached hydrogens (tertiary/aromatic N) is 1. The topological polar surface area (TPSA) is 108 Å². The zero-order chi connectivity index (χ0) is 26.5. The number of amides is 2. The van der Waals surface area contributed by atoms with Gasteiger partial charge in [0.1, 0.15) is 12.6 Å². The molecule has 1 atom stereocenters. The molecule has 0 aromatic heterocycles. The Bertz CT molecular complexity index is 1260. The first-order valence-electron chi connectivity index (χ1n) is 12.8. The Kier molecular flexibility index (Phi) is 7.70. The van der Waals surface area contributed by atoms with Crippen molar-refractivity contribution in [1.29, 1.82) is 0 Å². The summed E-state index contributed by atoms with van der Waals surface area (Å²) in [6.45, 7) is 3.06. The number of nitrogens with one attached hydrogen (secondary N) is 2. The second-order valence-electron chi connectivity index (χ2n) is 9.91. The third kappa shape index (κ3) is 5.86. The Balaban J connectivity index is 1.11. The van der Waals surface area contributed by atoms with Gasteiger partial charge in [0.15, 0.2) is 0 Å². The van der Waals surface area contributed by atoms with Gasteiger partial charge in [0.25, 0.3) is 0 Å². The smallest absolute Gasteiger partial charge is 0.407 e. The van der Waals surface area contributed by atoms with Gasteiger partial charge in [0, 0.05) is 38.0 Å². The fourth-order valence-corrected chi connectivity index (χ4v) is 5.31. The van der Waals surface area contributed by atoms with E-state index in [1.54, 1.807) is 0 Å². The number of hydrogen-bond donors (Lipinski definition) is 3. The Hall–Kier alpha value is -4.17. The number of aliphatic carboxylic acids is 1. The molecule has 1 heterocycles. The van der Waals surface area contributed by atoms with Crippen molar-refractivity contribution >= 4 is 18.0 Å². The van der Waals surface area contributed by atoms with E-state index in [0.717, 1.165) is 41.9 Å². The first kappa shape index (κ1) is 25.5. The van der Waals surface area contributed by atoms with Gasteiger partial charge >= 0.3 is 12.1 Å². The van der Waals surface area contributed by atoms with Gasteiger partial charge in [-0.3, -0.25) is 14.5 Å². The molecule has 2 aliphatic rings. The maximum atomic E-state index is 12.8. The molecule has 3 N–H and O–H groups in total. The molecule has 1 aliphatic carbocycles. The summed E-state index contributed by atoms with van der Waals surface area (Å²) in [5.74, 6) is -1.55. The summed E-state index contributed by atoms with van der Waals surface area (Å²) < 4.78 is 5.50. The van der Waals surface area contributed by atoms with E-state index in [1.165, 1.54) is 5.56 Å². The van der Waals surface area contributed by atoms with Crippen molar-refractivity contribution in [1.82, 2.24) is 15.5 Å². The Morgan fingerprint density at radius 1 is 0.895 bits per heavy atom. The average Bonchev–Trinajstić information content (AvgIpc) is 3.22. The largest absolute Gasteiger partial charge is 0.481 e. The van der Waals surface area contributed by atoms with E-state index in [1.807, 2.05) is 66.7 Å². The molecule has 8 heteroatoms. The molecular formula is C30H31N3O5. The van der Waals surface area contributed by atoms with Gasteiger partial charge in [0.2, 0.25) is 5.91 Å². The number of benzene rings is 3. The molecule has 5 rings (SSSR count). The van der Waals surface area contributed by atoms with E-state index in [2.05, 4.69) is 27.7 Å². The fourth-order valence-electron chi connectivity index (χ4n) is 5.31. The lowest BCUT2D eigenvalue weighted by Gasteiger charge is -2.39. The monoisotopic (exact) mass is 513 g/mol. The van der Waals surface area contributed by atoms with E-state index < -0.39 is 30.4 Å². The van der Waals surface area contributed by atoms with Gasteiger partial charge in [-0.25, -0.2) is 4.79 Å². The molecule has 0 spiro atoms. The summed E-state index contributed by atoms with van der Waals surface area (Å²) >= 11 is 0. The molecule has 2 amide bonds. The third-order valence-electron chi connectivity index (χ3n) is 7.18. The number of rotatable bonds is 10. The molecule has 1 fully saturated rings. The van der Waals surface area contributed by atoms with E-state index in [9.17, 15) is 19.5 Å². The Labute approximate surface area is 221 Å². The van der Waals surface area contributed by atoms with E-state index >= 15 is 0 Å². The number of carboxylic acids is 1. The van der Waals surface area contributed by atoms with Crippen molar-refractivity contribution in [2.45, 2.75) is 24.9 Å². The Morgan fingerprint density at radius 3 is 2.13 bits per heavy atom. The van der Waals surface area contributed by atoms with Crippen molar-refractivity contribution in [3.8, 4) is 11.1 Å². The summed E-state index contributed by atoms with van der Waals surface area (Å²) in [4.78, 5) is 39.1. The minimum absolute atomic E-state index is 0.0839. The van der Waals surface area contributed by atoms with Crippen molar-refractivity contribution < 1.29 is 24.2 Å². The molecule has 196 valence electrons. The van der Waals surface area contributed by atoms with Crippen molar-refractivity contribution in [3.05, 3.63) is 95.6 Å². The first-order valence-corrected chi connectivity index (χ1v) is 12.8. The summed E-state index contributed by atoms with van der Waals surface area (Å²) in [6, 6.07) is 24.9. The van der Waals surface area contributed by atoms with Crippen LogP contribution in [0.25, 0.3) is 11.1 Å². The number of fused-ring (bicyclic) bond motifs is 3. The van der Waals surface area contributed by atoms with Crippen LogP contribution in [0, 0.1) is 5.92 Å². The van der Waals surface area contributed by atoms with Gasteiger partial charge < -0.3 is 20.5 Å². The molecule has 0 bridgehead atoms. The molecule has 3 aromatic rings. The molecule has 1 saturated heterocycles. The number of hydrogen-bond acceptors (Lipinski definition) is 5. The van der Waals surface area contributed by atoms with E-state index in [4.69, 9.17) is 4.74 Å². The van der Waals surface area contributed by atoms with Crippen LogP contribution in [0.3, 0.4) is 0 Å². The zero-order valence-electron chi connectivity index (χ0n) is 21.0. The van der Waals surface area contributed by atoms with Gasteiger partial charge in [-0.2, -0.15) is 0 Å². The summed E-state index contributed by atoms with van der Waals surface area (Å²) in [7, 11) is 0. The summed E-state index contributed by atoms with van der Waals surface area (Å²) in [5, 5.41) is 14.6. The zero-order valence-corrected chi connectivity index (χ0v) is 21.0. The highest BCUT2D eigenvalue weighted by Gasteiger charge is 2.31. The normalized spacial score (nSPS) is 15.6. The number of carbonyl (C=O) groups is 3. The lowest BCUT2D eigenvalue weighted by Crippen LogP contribution is -2.54. The minimum atomic E-state index is -1.22. The molecule has 38 heavy (non-hydrogen) atoms. The molecule has 0 radical (unpaired) electrons. The Morgan fingerprint density at radius 2 is 1.50 bits per heavy atom. The molecular weight excluding hydrogens is 482 g/mol. The highest BCUT2D eigenvalue weighted by atomic mass is 16.5. The second kappa shape index (κ2) is 11.5. The van der Waals surface area contributed by atoms with Crippen LogP contribution in [0.5, 0.6) is 0 Å². The number of ether oxygens (including phenoxy) is 1. The van der Waals surface area contributed by atoms with Gasteiger partial charge in [0.05, 0.1) is 6.42 Å². The van der Waals surface area contributed by atoms with Crippen LogP contribution >= 0.6 is 0 Å². The average molecular weight is 514 g/mol. The van der Waals surface area contributed by atoms with Crippen LogP contribution in [-0.2, 0) is 20.9 Å². The van der Waals surface area contributed by atoms with Crippen LogP contribution in [0.15, 0.2) is 78.9 Å². The number of likely N-dealkylation sites (tertiary alicyclic amines) is 1. The quantitative estimate of drug-likeness (QED) is 0.382. The maximum Gasteiger partial charge on any atom is 0.407 e. The van der Waals surface area contributed by atoms with Crippen molar-refractivity contribution in [3.63, 3.8) is 0 Å². The molecule has 0 saturated carbocycles. The molecule has 1 aliphatic heterocycles. The van der Waals surface area contributed by atoms with Crippen LogP contribution in [0.2, 0.25) is 0 Å². The molecule has 8 nitrogen and oxygen atoms in total. The van der Waals surface area contributed by atoms with Crippen LogP contribution < -0.4 is 10.6 Å². The van der Waals surface area contributed by atoms with Crippen molar-refractivity contribution in [2.24, 2.45) is 5.92 Å². The van der Waals surface area contributed by atoms with Crippen LogP contribution in [-0.4, -0.2) is 60.3 Å². The van der Waals surface area contributed by atoms with Gasteiger partial charge in [-0.05, 0) is 27.8 Å². The molecule has 1 unspecified atom stereocenters. The number of carbonyl (C=O) groups excluding carboxylic acids is 2. The summed E-state index contributed by atoms with van der Waals surface area (Å²) in [6.07, 6.45) is -1.34. The highest BCUT2D eigenvalue weighted by molar-refractivity contribution is 5.89. The van der Waals surface area contributed by atoms with Gasteiger partial charge in [-0.1, -0.05) is 78.9 Å². The third-order valence-corrected chi connectivity index (χ3v) is 7.18. The number of alkyl carbamates (subject to hydrolysis) is 1. The van der Waals surface area contributed by atoms with Crippen LogP contribution in [0.4, 0.5) is 4.79 Å². The van der Waals surface area contributed by atoms with Crippen molar-refractivity contribution in [2.75, 3.05) is 26.2 Å². The van der Waals surface area contributed by atoms with Gasteiger partial charge in [-0.15, -0.1) is 0 Å². The number of carboxylic acid groups (broad SMARTS) is 1. The fraction of sp³-hybridized carbons (Fsp3) is 0.300. The highest BCUT2D eigenvalue weighted by Crippen LogP contribution is 2.44. The lowest BCUT2D eigenvalue weighted by molar-refractivity contribution is -0.139. The minimum Gasteiger partial charge on any atom is -0.481 e. The van der Waals surface area contributed by atoms with Crippen LogP contribution in [0.1, 0.15) is 29.0 Å². The standard InChI is InChI=1S/C30H31N3O5/c34-28(35)14-27(29(36)31-15-21-17-33(18-21)16-20-8-2-1-3-9-20)32-30(37)38-19-26-24-12-6-4-10-22(24)23-11-5-7-13-25(23)26/h1-13,21,26-27H,14-19H2,(H,31,36)(H,32,37)(H,34,35). The SMILES string of the molecule is O=C(O)CC(NC(=O)OCC1c2ccccc2-c2ccccc21)C(=O)NCC1CN(Cc2ccccc2)C1. The maximum absolute atomic E-state index is 12.8. The van der Waals surface area contributed by atoms with E-state index in [0.29, 0.717) is 6.54 Å². The second-order valence-corrected chi connectivity index (χ2v) is 9.91. The predicted molar refractivity (Wildman–Crippen MR) is 142 cm³/mol. The summed E-state index contributed by atoms with van der Waals surface area (Å²) in [5.41, 5.74) is 5.60. The first-order chi connectivity index (χ1) is 18.5. The lowest BCUT2D eigenvalue weighted by atomic mass is 9.98. The molecule has 3 aromatic carbocycles. The van der Waals surface area contributed by atoms with E-state index in [-0.39, 0.29) is 18.4 Å².